The minimum Gasteiger partial charge on any atom is -0.448 e. The van der Waals surface area contributed by atoms with E-state index in [2.05, 4.69) is 15.1 Å². The fourth-order valence-corrected chi connectivity index (χ4v) is 2.54. The molecular formula is C13H11N3O2S. The van der Waals surface area contributed by atoms with Crippen LogP contribution in [0.5, 0.6) is 0 Å². The second kappa shape index (κ2) is 4.31. The lowest BCUT2D eigenvalue weighted by Crippen LogP contribution is -1.87. The number of nitrogens with zero attached hydrogens (tertiary/aromatic N) is 3. The first-order chi connectivity index (χ1) is 9.38. The fourth-order valence-electron chi connectivity index (χ4n) is 1.91. The average molecular weight is 273 g/mol. The highest BCUT2D eigenvalue weighted by Crippen LogP contribution is 2.33. The van der Waals surface area contributed by atoms with Gasteiger partial charge in [0.2, 0.25) is 5.82 Å². The van der Waals surface area contributed by atoms with Gasteiger partial charge in [0, 0.05) is 17.4 Å². The molecule has 1 aliphatic carbocycles. The summed E-state index contributed by atoms with van der Waals surface area (Å²) in [7, 11) is 0. The molecule has 96 valence electrons. The molecule has 0 saturated heterocycles. The van der Waals surface area contributed by atoms with Gasteiger partial charge >= 0.3 is 0 Å². The maximum atomic E-state index is 5.43. The van der Waals surface area contributed by atoms with Gasteiger partial charge in [0.25, 0.3) is 5.89 Å². The maximum absolute atomic E-state index is 5.43. The smallest absolute Gasteiger partial charge is 0.280 e. The number of hydrogen-bond donors (Lipinski definition) is 0. The highest BCUT2D eigenvalue weighted by Gasteiger charge is 2.24. The van der Waals surface area contributed by atoms with Crippen molar-refractivity contribution in [2.45, 2.75) is 19.3 Å². The lowest BCUT2D eigenvalue weighted by atomic mass is 10.3. The van der Waals surface area contributed by atoms with Gasteiger partial charge in [0.15, 0.2) is 11.6 Å². The summed E-state index contributed by atoms with van der Waals surface area (Å²) in [6.45, 7) is 0. The van der Waals surface area contributed by atoms with E-state index >= 15 is 0 Å². The highest BCUT2D eigenvalue weighted by molar-refractivity contribution is 7.08. The summed E-state index contributed by atoms with van der Waals surface area (Å²) in [5.74, 6) is 2.50. The SMILES string of the molecule is c1cc(-c2noc(-c3coc(CC4CC4)n3)n2)cs1. The summed E-state index contributed by atoms with van der Waals surface area (Å²) in [4.78, 5) is 8.73. The number of hydrogen-bond acceptors (Lipinski definition) is 6. The van der Waals surface area contributed by atoms with Crippen molar-refractivity contribution in [3.05, 3.63) is 29.0 Å². The predicted octanol–water partition coefficient (Wildman–Crippen LogP) is 3.41. The Morgan fingerprint density at radius 3 is 3.05 bits per heavy atom. The van der Waals surface area contributed by atoms with Crippen molar-refractivity contribution in [2.24, 2.45) is 5.92 Å². The van der Waals surface area contributed by atoms with Gasteiger partial charge in [-0.15, -0.1) is 0 Å². The Morgan fingerprint density at radius 2 is 2.26 bits per heavy atom. The van der Waals surface area contributed by atoms with Crippen molar-refractivity contribution in [3.63, 3.8) is 0 Å². The molecule has 3 aromatic heterocycles. The van der Waals surface area contributed by atoms with Crippen LogP contribution >= 0.6 is 11.3 Å². The molecule has 4 rings (SSSR count). The van der Waals surface area contributed by atoms with Crippen molar-refractivity contribution in [1.82, 2.24) is 15.1 Å². The van der Waals surface area contributed by atoms with Crippen molar-refractivity contribution in [2.75, 3.05) is 0 Å². The zero-order valence-electron chi connectivity index (χ0n) is 10.1. The van der Waals surface area contributed by atoms with Crippen LogP contribution in [0.1, 0.15) is 18.7 Å². The molecule has 0 aromatic carbocycles. The van der Waals surface area contributed by atoms with E-state index in [1.807, 2.05) is 16.8 Å². The van der Waals surface area contributed by atoms with Crippen LogP contribution in [0.4, 0.5) is 0 Å². The van der Waals surface area contributed by atoms with Gasteiger partial charge in [-0.3, -0.25) is 0 Å². The van der Waals surface area contributed by atoms with Gasteiger partial charge in [-0.1, -0.05) is 5.16 Å². The van der Waals surface area contributed by atoms with E-state index < -0.39 is 0 Å². The van der Waals surface area contributed by atoms with Crippen molar-refractivity contribution in [1.29, 1.82) is 0 Å². The Labute approximate surface area is 113 Å². The van der Waals surface area contributed by atoms with Gasteiger partial charge in [-0.2, -0.15) is 16.3 Å². The first-order valence-electron chi connectivity index (χ1n) is 6.19. The molecule has 0 amide bonds. The fraction of sp³-hybridized carbons (Fsp3) is 0.308. The molecular weight excluding hydrogens is 262 g/mol. The zero-order chi connectivity index (χ0) is 12.7. The van der Waals surface area contributed by atoms with E-state index in [4.69, 9.17) is 8.94 Å². The minimum atomic E-state index is 0.409. The average Bonchev–Trinajstić information content (AvgIpc) is 2.93. The van der Waals surface area contributed by atoms with Crippen molar-refractivity contribution < 1.29 is 8.94 Å². The second-order valence-electron chi connectivity index (χ2n) is 4.71. The van der Waals surface area contributed by atoms with Crippen LogP contribution in [0.25, 0.3) is 23.0 Å². The molecule has 19 heavy (non-hydrogen) atoms. The Morgan fingerprint density at radius 1 is 1.32 bits per heavy atom. The van der Waals surface area contributed by atoms with E-state index in [0.29, 0.717) is 17.4 Å². The summed E-state index contributed by atoms with van der Waals surface area (Å²) in [6, 6.07) is 1.96. The molecule has 0 unspecified atom stereocenters. The number of aromatic nitrogens is 3. The quantitative estimate of drug-likeness (QED) is 0.728. The molecule has 0 N–H and O–H groups in total. The van der Waals surface area contributed by atoms with Gasteiger partial charge in [-0.05, 0) is 30.2 Å². The highest BCUT2D eigenvalue weighted by atomic mass is 32.1. The van der Waals surface area contributed by atoms with Crippen LogP contribution in [0, 0.1) is 5.92 Å². The van der Waals surface area contributed by atoms with E-state index in [9.17, 15) is 0 Å². The van der Waals surface area contributed by atoms with Gasteiger partial charge in [-0.25, -0.2) is 4.98 Å². The summed E-state index contributed by atoms with van der Waals surface area (Å²) in [5.41, 5.74) is 1.58. The molecule has 1 aliphatic rings. The topological polar surface area (TPSA) is 65.0 Å². The minimum absolute atomic E-state index is 0.409. The number of thiophene rings is 1. The Kier molecular flexibility index (Phi) is 2.48. The third-order valence-corrected chi connectivity index (χ3v) is 3.82. The molecule has 0 radical (unpaired) electrons. The standard InChI is InChI=1S/C13H11N3O2S/c1-2-8(1)5-11-14-10(6-17-11)13-15-12(16-18-13)9-3-4-19-7-9/h3-4,6-8H,1-2,5H2. The number of rotatable bonds is 4. The summed E-state index contributed by atoms with van der Waals surface area (Å²) >= 11 is 1.60. The molecule has 1 saturated carbocycles. The molecule has 0 bridgehead atoms. The second-order valence-corrected chi connectivity index (χ2v) is 5.49. The van der Waals surface area contributed by atoms with Crippen LogP contribution in [0.2, 0.25) is 0 Å². The molecule has 6 heteroatoms. The Bertz CT molecular complexity index is 682. The largest absolute Gasteiger partial charge is 0.448 e. The molecule has 5 nitrogen and oxygen atoms in total. The normalized spacial score (nSPS) is 14.9. The maximum Gasteiger partial charge on any atom is 0.280 e. The van der Waals surface area contributed by atoms with Crippen LogP contribution in [0.15, 0.2) is 32.0 Å². The summed E-state index contributed by atoms with van der Waals surface area (Å²) < 4.78 is 10.7. The van der Waals surface area contributed by atoms with Gasteiger partial charge in [0.1, 0.15) is 6.26 Å². The lowest BCUT2D eigenvalue weighted by molar-refractivity contribution is 0.430. The summed E-state index contributed by atoms with van der Waals surface area (Å²) in [5, 5.41) is 7.92. The third kappa shape index (κ3) is 2.19. The molecule has 0 atom stereocenters. The van der Waals surface area contributed by atoms with Crippen LogP contribution in [0.3, 0.4) is 0 Å². The molecule has 3 aromatic rings. The molecule has 0 aliphatic heterocycles. The van der Waals surface area contributed by atoms with E-state index in [-0.39, 0.29) is 0 Å². The predicted molar refractivity (Wildman–Crippen MR) is 69.5 cm³/mol. The zero-order valence-corrected chi connectivity index (χ0v) is 10.9. The summed E-state index contributed by atoms with van der Waals surface area (Å²) in [6.07, 6.45) is 5.05. The molecule has 1 fully saturated rings. The molecule has 3 heterocycles. The van der Waals surface area contributed by atoms with Gasteiger partial charge in [0.05, 0.1) is 0 Å². The van der Waals surface area contributed by atoms with E-state index in [1.165, 1.54) is 12.8 Å². The first kappa shape index (κ1) is 10.9. The van der Waals surface area contributed by atoms with Crippen LogP contribution in [-0.2, 0) is 6.42 Å². The van der Waals surface area contributed by atoms with E-state index in [1.54, 1.807) is 17.6 Å². The van der Waals surface area contributed by atoms with E-state index in [0.717, 1.165) is 23.8 Å². The van der Waals surface area contributed by atoms with Crippen molar-refractivity contribution >= 4 is 11.3 Å². The van der Waals surface area contributed by atoms with Crippen molar-refractivity contribution in [3.8, 4) is 23.0 Å². The van der Waals surface area contributed by atoms with Crippen LogP contribution in [-0.4, -0.2) is 15.1 Å². The first-order valence-corrected chi connectivity index (χ1v) is 7.14. The lowest BCUT2D eigenvalue weighted by Gasteiger charge is -1.87. The third-order valence-electron chi connectivity index (χ3n) is 3.14. The number of oxazole rings is 1. The van der Waals surface area contributed by atoms with Crippen LogP contribution < -0.4 is 0 Å². The Hall–Kier alpha value is -1.95. The van der Waals surface area contributed by atoms with Gasteiger partial charge < -0.3 is 8.94 Å². The molecule has 0 spiro atoms. The monoisotopic (exact) mass is 273 g/mol. The Balaban J connectivity index is 1.59.